The van der Waals surface area contributed by atoms with Crippen LogP contribution in [0.3, 0.4) is 0 Å². The molecule has 0 saturated heterocycles. The lowest BCUT2D eigenvalue weighted by molar-refractivity contribution is 0.0650. The van der Waals surface area contributed by atoms with E-state index in [0.717, 1.165) is 32.3 Å². The predicted octanol–water partition coefficient (Wildman–Crippen LogP) is 13.9. The SMILES string of the molecule is Cc1ccc2c3ccc(-c4ccc5c6ccc7c8ccc9c%10c(ccc(c%11ccc(c%12cccc4c%125)c6c%117)c%108)C(=O)N(C)C9=O)c4cccc(c5cccc1c52)c43. The van der Waals surface area contributed by atoms with Gasteiger partial charge in [0.25, 0.3) is 11.8 Å². The van der Waals surface area contributed by atoms with Gasteiger partial charge in [0.05, 0.1) is 0 Å². The Hall–Kier alpha value is -7.36. The monoisotopic (exact) mass is 723 g/mol. The quantitative estimate of drug-likeness (QED) is 0.0961. The maximum Gasteiger partial charge on any atom is 0.261 e. The van der Waals surface area contributed by atoms with Crippen molar-refractivity contribution in [3.05, 3.63) is 156 Å². The second-order valence-electron chi connectivity index (χ2n) is 16.2. The van der Waals surface area contributed by atoms with Gasteiger partial charge in [-0.3, -0.25) is 14.5 Å². The number of carbonyl (C=O) groups excluding carboxylic acids is 2. The van der Waals surface area contributed by atoms with Crippen LogP contribution in [0.2, 0.25) is 0 Å². The van der Waals surface area contributed by atoms with Crippen LogP contribution in [0.4, 0.5) is 0 Å². The zero-order valence-electron chi connectivity index (χ0n) is 31.0. The minimum absolute atomic E-state index is 0.248. The number of fused-ring (bicyclic) bond motifs is 6. The molecule has 13 aromatic rings. The molecule has 0 aromatic heterocycles. The topological polar surface area (TPSA) is 37.4 Å². The van der Waals surface area contributed by atoms with Crippen LogP contribution in [0.25, 0.3) is 130 Å². The van der Waals surface area contributed by atoms with Crippen molar-refractivity contribution in [2.75, 3.05) is 7.05 Å². The number of benzene rings is 13. The number of hydrogen-bond acceptors (Lipinski definition) is 2. The molecular formula is C54H29NO2. The largest absolute Gasteiger partial charge is 0.277 e. The molecule has 1 heterocycles. The summed E-state index contributed by atoms with van der Waals surface area (Å²) in [6, 6.07) is 51.5. The van der Waals surface area contributed by atoms with Gasteiger partial charge in [-0.1, -0.05) is 127 Å². The van der Waals surface area contributed by atoms with Gasteiger partial charge in [-0.15, -0.1) is 0 Å². The first-order chi connectivity index (χ1) is 28.0. The summed E-state index contributed by atoms with van der Waals surface area (Å²) in [5, 5.41) is 26.7. The van der Waals surface area contributed by atoms with Crippen LogP contribution in [-0.4, -0.2) is 23.8 Å². The normalized spacial score (nSPS) is 13.8. The summed E-state index contributed by atoms with van der Waals surface area (Å²) in [6.07, 6.45) is 0. The molecule has 0 atom stereocenters. The number of hydrogen-bond donors (Lipinski definition) is 0. The Morgan fingerprint density at radius 1 is 0.281 bits per heavy atom. The van der Waals surface area contributed by atoms with Gasteiger partial charge in [-0.25, -0.2) is 0 Å². The average Bonchev–Trinajstić information content (AvgIpc) is 3.25. The van der Waals surface area contributed by atoms with Crippen molar-refractivity contribution in [3.63, 3.8) is 0 Å². The molecule has 0 spiro atoms. The molecule has 13 aromatic carbocycles. The van der Waals surface area contributed by atoms with E-state index < -0.39 is 0 Å². The van der Waals surface area contributed by atoms with Gasteiger partial charge in [0.1, 0.15) is 0 Å². The number of amides is 2. The zero-order valence-corrected chi connectivity index (χ0v) is 31.0. The highest BCUT2D eigenvalue weighted by molar-refractivity contribution is 6.44. The lowest BCUT2D eigenvalue weighted by Gasteiger charge is -2.26. The minimum atomic E-state index is -0.248. The van der Waals surface area contributed by atoms with Gasteiger partial charge >= 0.3 is 0 Å². The van der Waals surface area contributed by atoms with Crippen LogP contribution in [-0.2, 0) is 0 Å². The fourth-order valence-electron chi connectivity index (χ4n) is 11.3. The molecule has 262 valence electrons. The Balaban J connectivity index is 1.08. The summed E-state index contributed by atoms with van der Waals surface area (Å²) in [5.74, 6) is -0.496. The summed E-state index contributed by atoms with van der Waals surface area (Å²) < 4.78 is 0. The van der Waals surface area contributed by atoms with E-state index in [0.29, 0.717) is 11.1 Å². The molecule has 3 nitrogen and oxygen atoms in total. The van der Waals surface area contributed by atoms with Crippen LogP contribution < -0.4 is 0 Å². The Labute approximate surface area is 324 Å². The summed E-state index contributed by atoms with van der Waals surface area (Å²) in [4.78, 5) is 27.9. The molecule has 0 aliphatic carbocycles. The first-order valence-corrected chi connectivity index (χ1v) is 19.7. The first-order valence-electron chi connectivity index (χ1n) is 19.7. The van der Waals surface area contributed by atoms with E-state index in [1.807, 2.05) is 12.1 Å². The molecule has 2 amide bonds. The Morgan fingerprint density at radius 3 is 1.00 bits per heavy atom. The Kier molecular flexibility index (Phi) is 5.19. The van der Waals surface area contributed by atoms with E-state index in [9.17, 15) is 9.59 Å². The van der Waals surface area contributed by atoms with Gasteiger partial charge in [0, 0.05) is 23.6 Å². The van der Waals surface area contributed by atoms with Crippen molar-refractivity contribution in [1.29, 1.82) is 0 Å². The highest BCUT2D eigenvalue weighted by atomic mass is 16.2. The Bertz CT molecular complexity index is 3900. The molecule has 0 unspecified atom stereocenters. The summed E-state index contributed by atoms with van der Waals surface area (Å²) in [7, 11) is 1.57. The summed E-state index contributed by atoms with van der Waals surface area (Å²) >= 11 is 0. The van der Waals surface area contributed by atoms with Crippen LogP contribution in [0.15, 0.2) is 140 Å². The lowest BCUT2D eigenvalue weighted by atomic mass is 9.81. The summed E-state index contributed by atoms with van der Waals surface area (Å²) in [6.45, 7) is 2.21. The van der Waals surface area contributed by atoms with Crippen molar-refractivity contribution >= 4 is 130 Å². The second-order valence-corrected chi connectivity index (χ2v) is 16.2. The molecular weight excluding hydrogens is 695 g/mol. The number of imide groups is 1. The molecule has 0 radical (unpaired) electrons. The third kappa shape index (κ3) is 3.35. The van der Waals surface area contributed by atoms with Crippen molar-refractivity contribution < 1.29 is 9.59 Å². The van der Waals surface area contributed by atoms with Crippen molar-refractivity contribution in [1.82, 2.24) is 4.90 Å². The summed E-state index contributed by atoms with van der Waals surface area (Å²) in [5.41, 5.74) is 4.97. The average molecular weight is 724 g/mol. The van der Waals surface area contributed by atoms with Crippen molar-refractivity contribution in [2.45, 2.75) is 6.92 Å². The van der Waals surface area contributed by atoms with Crippen molar-refractivity contribution in [2.24, 2.45) is 0 Å². The highest BCUT2D eigenvalue weighted by Gasteiger charge is 2.32. The number of nitrogens with zero attached hydrogens (tertiary/aromatic N) is 1. The van der Waals surface area contributed by atoms with E-state index in [1.165, 1.54) is 108 Å². The van der Waals surface area contributed by atoms with Crippen LogP contribution >= 0.6 is 0 Å². The Morgan fingerprint density at radius 2 is 0.561 bits per heavy atom. The van der Waals surface area contributed by atoms with E-state index in [1.54, 1.807) is 7.05 Å². The molecule has 0 fully saturated rings. The highest BCUT2D eigenvalue weighted by Crippen LogP contribution is 2.51. The van der Waals surface area contributed by atoms with Gasteiger partial charge in [-0.05, 0) is 149 Å². The van der Waals surface area contributed by atoms with E-state index >= 15 is 0 Å². The second kappa shape index (κ2) is 9.89. The maximum atomic E-state index is 13.3. The zero-order chi connectivity index (χ0) is 37.6. The van der Waals surface area contributed by atoms with Gasteiger partial charge < -0.3 is 0 Å². The molecule has 0 bridgehead atoms. The molecule has 1 aliphatic rings. The van der Waals surface area contributed by atoms with E-state index in [2.05, 4.69) is 134 Å². The fraction of sp³-hybridized carbons (Fsp3) is 0.0370. The molecule has 3 heteroatoms. The number of rotatable bonds is 1. The van der Waals surface area contributed by atoms with Gasteiger partial charge in [0.2, 0.25) is 0 Å². The number of aryl methyl sites for hydroxylation is 1. The standard InChI is InChI=1S/C54H29NO2/c1-26-12-13-35-36-16-14-28(30-7-4-10-33(47(30)36)32-9-3-6-27(26)46(32)35)29-15-17-37-39-19-21-41-43-23-25-45-52-44(53(56)55(2)54(45)57)24-22-42(51(43)52)40-20-18-38(49(39)50(40)41)34-11-5-8-31(29)48(34)37/h3-25H,1-2H3. The lowest BCUT2D eigenvalue weighted by Crippen LogP contribution is -2.36. The van der Waals surface area contributed by atoms with E-state index in [-0.39, 0.29) is 11.8 Å². The molecule has 1 aliphatic heterocycles. The first kappa shape index (κ1) is 29.9. The molecule has 14 rings (SSSR count). The molecule has 57 heavy (non-hydrogen) atoms. The van der Waals surface area contributed by atoms with Gasteiger partial charge in [0.15, 0.2) is 0 Å². The fourth-order valence-corrected chi connectivity index (χ4v) is 11.3. The third-order valence-electron chi connectivity index (χ3n) is 13.8. The van der Waals surface area contributed by atoms with Crippen LogP contribution in [0.5, 0.6) is 0 Å². The molecule has 0 N–H and O–H groups in total. The smallest absolute Gasteiger partial charge is 0.261 e. The predicted molar refractivity (Wildman–Crippen MR) is 239 cm³/mol. The molecule has 0 saturated carbocycles. The number of carbonyl (C=O) groups is 2. The van der Waals surface area contributed by atoms with E-state index in [4.69, 9.17) is 0 Å². The third-order valence-corrected chi connectivity index (χ3v) is 13.8. The van der Waals surface area contributed by atoms with Crippen LogP contribution in [0, 0.1) is 6.92 Å². The van der Waals surface area contributed by atoms with Gasteiger partial charge in [-0.2, -0.15) is 0 Å². The minimum Gasteiger partial charge on any atom is -0.277 e. The van der Waals surface area contributed by atoms with Crippen LogP contribution in [0.1, 0.15) is 26.3 Å². The van der Waals surface area contributed by atoms with Crippen molar-refractivity contribution in [3.8, 4) is 11.1 Å². The maximum absolute atomic E-state index is 13.3.